The van der Waals surface area contributed by atoms with Gasteiger partial charge >= 0.3 is 12.6 Å². The van der Waals surface area contributed by atoms with E-state index < -0.39 is 22.6 Å². The highest BCUT2D eigenvalue weighted by Crippen LogP contribution is 2.27. The van der Waals surface area contributed by atoms with Crippen LogP contribution in [0.4, 0.5) is 8.78 Å². The third-order valence-electron chi connectivity index (χ3n) is 6.72. The third-order valence-corrected chi connectivity index (χ3v) is 8.61. The van der Waals surface area contributed by atoms with Crippen LogP contribution in [0, 0.1) is 0 Å². The van der Waals surface area contributed by atoms with Crippen molar-refractivity contribution in [3.05, 3.63) is 89.5 Å². The summed E-state index contributed by atoms with van der Waals surface area (Å²) in [6, 6.07) is 19.7. The molecule has 41 heavy (non-hydrogen) atoms. The minimum Gasteiger partial charge on any atom is -0.497 e. The number of piperazine rings is 1. The fraction of sp³-hybridized carbons (Fsp3) is 0.345. The summed E-state index contributed by atoms with van der Waals surface area (Å²) in [5.41, 5.74) is 2.22. The number of sulfonamides is 1. The molecule has 0 radical (unpaired) electrons. The molecule has 12 heteroatoms. The number of carbonyl (C=O) groups excluding carboxylic acids is 1. The monoisotopic (exact) mass is 590 g/mol. The fourth-order valence-electron chi connectivity index (χ4n) is 4.49. The number of nitrogens with zero attached hydrogens (tertiary/aromatic N) is 2. The zero-order valence-electron chi connectivity index (χ0n) is 22.7. The number of rotatable bonds is 12. The lowest BCUT2D eigenvalue weighted by molar-refractivity contribution is -0.0500. The second-order valence-electron chi connectivity index (χ2n) is 9.32. The molecular weight excluding hydrogens is 558 g/mol. The number of methoxy groups -OCH3 is 2. The normalized spacial score (nSPS) is 15.4. The molecule has 1 heterocycles. The molecule has 1 aliphatic heterocycles. The summed E-state index contributed by atoms with van der Waals surface area (Å²) in [7, 11) is -0.970. The van der Waals surface area contributed by atoms with Crippen LogP contribution in [-0.4, -0.2) is 77.1 Å². The number of alkyl halides is 2. The van der Waals surface area contributed by atoms with E-state index in [-0.39, 0.29) is 36.4 Å². The fourth-order valence-corrected chi connectivity index (χ4v) is 5.95. The molecule has 0 saturated carbocycles. The Hall–Kier alpha value is -3.58. The summed E-state index contributed by atoms with van der Waals surface area (Å²) in [6.45, 7) is -0.915. The van der Waals surface area contributed by atoms with Crippen molar-refractivity contribution in [2.45, 2.75) is 24.2 Å². The molecule has 0 spiro atoms. The van der Waals surface area contributed by atoms with Crippen molar-refractivity contribution in [3.8, 4) is 11.5 Å². The third kappa shape index (κ3) is 8.00. The smallest absolute Gasteiger partial charge is 0.387 e. The summed E-state index contributed by atoms with van der Waals surface area (Å²) in [5, 5.41) is 0. The maximum absolute atomic E-state index is 13.2. The van der Waals surface area contributed by atoms with E-state index in [0.29, 0.717) is 30.9 Å². The van der Waals surface area contributed by atoms with Gasteiger partial charge in [0.25, 0.3) is 0 Å². The summed E-state index contributed by atoms with van der Waals surface area (Å²) >= 11 is 0. The van der Waals surface area contributed by atoms with Crippen molar-refractivity contribution in [2.75, 3.05) is 46.9 Å². The van der Waals surface area contributed by atoms with E-state index in [9.17, 15) is 22.0 Å². The maximum atomic E-state index is 13.2. The minimum atomic E-state index is -3.89. The van der Waals surface area contributed by atoms with Gasteiger partial charge in [0, 0.05) is 38.8 Å². The first kappa shape index (κ1) is 30.4. The zero-order chi connectivity index (χ0) is 29.4. The molecule has 4 rings (SSSR count). The molecule has 1 atom stereocenters. The van der Waals surface area contributed by atoms with Gasteiger partial charge < -0.3 is 18.9 Å². The maximum Gasteiger partial charge on any atom is 0.387 e. The number of hydrogen-bond acceptors (Lipinski definition) is 8. The summed E-state index contributed by atoms with van der Waals surface area (Å²) < 4.78 is 73.8. The lowest BCUT2D eigenvalue weighted by atomic mass is 10.1. The van der Waals surface area contributed by atoms with Gasteiger partial charge in [0.2, 0.25) is 10.0 Å². The summed E-state index contributed by atoms with van der Waals surface area (Å²) in [6.07, 6.45) is -0.350. The van der Waals surface area contributed by atoms with Crippen LogP contribution in [0.15, 0.2) is 77.7 Å². The first-order valence-corrected chi connectivity index (χ1v) is 14.3. The molecule has 3 aromatic carbocycles. The highest BCUT2D eigenvalue weighted by atomic mass is 32.2. The molecular formula is C29H32F2N2O7S. The van der Waals surface area contributed by atoms with Gasteiger partial charge in [-0.25, -0.2) is 13.2 Å². The Bertz CT molecular complexity index is 1410. The zero-order valence-corrected chi connectivity index (χ0v) is 23.6. The van der Waals surface area contributed by atoms with Gasteiger partial charge in [-0.2, -0.15) is 13.1 Å². The van der Waals surface area contributed by atoms with Crippen LogP contribution < -0.4 is 9.47 Å². The molecule has 0 aromatic heterocycles. The van der Waals surface area contributed by atoms with Crippen molar-refractivity contribution in [1.29, 1.82) is 0 Å². The van der Waals surface area contributed by atoms with E-state index in [1.165, 1.54) is 29.6 Å². The van der Waals surface area contributed by atoms with Gasteiger partial charge in [0.1, 0.15) is 11.5 Å². The lowest BCUT2D eigenvalue weighted by Gasteiger charge is -2.36. The molecule has 1 aliphatic rings. The minimum absolute atomic E-state index is 0.0973. The highest BCUT2D eigenvalue weighted by Gasteiger charge is 2.30. The topological polar surface area (TPSA) is 94.6 Å². The lowest BCUT2D eigenvalue weighted by Crippen LogP contribution is -2.49. The number of ether oxygens (including phenoxy) is 4. The van der Waals surface area contributed by atoms with E-state index in [2.05, 4.69) is 9.64 Å². The number of carbonyl (C=O) groups is 1. The van der Waals surface area contributed by atoms with Gasteiger partial charge in [-0.1, -0.05) is 30.3 Å². The molecule has 1 fully saturated rings. The number of esters is 1. The number of hydrogen-bond donors (Lipinski definition) is 0. The Balaban J connectivity index is 1.42. The average Bonchev–Trinajstić information content (AvgIpc) is 2.99. The van der Waals surface area contributed by atoms with Crippen molar-refractivity contribution in [1.82, 2.24) is 9.21 Å². The summed E-state index contributed by atoms with van der Waals surface area (Å²) in [4.78, 5) is 13.8. The van der Waals surface area contributed by atoms with Gasteiger partial charge in [0.15, 0.2) is 0 Å². The standard InChI is InChI=1S/C29H32F2N2O7S/c1-37-24-6-3-5-23(17-24)27(39-20-21-9-11-22(12-10-21)28(34)38-2)19-32-13-15-33(16-14-32)41(35,36)26-8-4-7-25(18-26)40-29(30)31/h3-12,17-18,27,29H,13-16,19-20H2,1-2H3. The number of halogens is 2. The Kier molecular flexibility index (Phi) is 10.3. The molecule has 0 aliphatic carbocycles. The largest absolute Gasteiger partial charge is 0.497 e. The van der Waals surface area contributed by atoms with Crippen molar-refractivity contribution < 1.29 is 40.9 Å². The predicted molar refractivity (Wildman–Crippen MR) is 147 cm³/mol. The van der Waals surface area contributed by atoms with E-state index in [4.69, 9.17) is 14.2 Å². The van der Waals surface area contributed by atoms with E-state index in [1.54, 1.807) is 31.4 Å². The van der Waals surface area contributed by atoms with Crippen LogP contribution in [0.3, 0.4) is 0 Å². The van der Waals surface area contributed by atoms with Crippen molar-refractivity contribution in [3.63, 3.8) is 0 Å². The van der Waals surface area contributed by atoms with Crippen LogP contribution in [-0.2, 0) is 26.1 Å². The molecule has 1 unspecified atom stereocenters. The van der Waals surface area contributed by atoms with Crippen molar-refractivity contribution in [2.24, 2.45) is 0 Å². The quantitative estimate of drug-likeness (QED) is 0.288. The van der Waals surface area contributed by atoms with Gasteiger partial charge in [-0.3, -0.25) is 4.90 Å². The van der Waals surface area contributed by atoms with Crippen LogP contribution in [0.1, 0.15) is 27.6 Å². The average molecular weight is 591 g/mol. The molecule has 1 saturated heterocycles. The molecule has 0 N–H and O–H groups in total. The van der Waals surface area contributed by atoms with Crippen LogP contribution in [0.25, 0.3) is 0 Å². The van der Waals surface area contributed by atoms with Gasteiger partial charge in [0.05, 0.1) is 37.4 Å². The van der Waals surface area contributed by atoms with Crippen LogP contribution in [0.5, 0.6) is 11.5 Å². The van der Waals surface area contributed by atoms with Crippen LogP contribution >= 0.6 is 0 Å². The SMILES string of the molecule is COC(=O)c1ccc(COC(CN2CCN(S(=O)(=O)c3cccc(OC(F)F)c3)CC2)c2cccc(OC)c2)cc1. The molecule has 9 nitrogen and oxygen atoms in total. The number of benzene rings is 3. The van der Waals surface area contributed by atoms with Gasteiger partial charge in [-0.15, -0.1) is 0 Å². The summed E-state index contributed by atoms with van der Waals surface area (Å²) in [5.74, 6) is 0.0625. The Morgan fingerprint density at radius 2 is 1.59 bits per heavy atom. The Morgan fingerprint density at radius 3 is 2.24 bits per heavy atom. The van der Waals surface area contributed by atoms with Crippen molar-refractivity contribution >= 4 is 16.0 Å². The Morgan fingerprint density at radius 1 is 0.902 bits per heavy atom. The molecule has 0 amide bonds. The first-order valence-electron chi connectivity index (χ1n) is 12.9. The molecule has 3 aromatic rings. The molecule has 0 bridgehead atoms. The first-order chi connectivity index (χ1) is 19.7. The Labute approximate surface area is 238 Å². The highest BCUT2D eigenvalue weighted by molar-refractivity contribution is 7.89. The molecule has 220 valence electrons. The van der Waals surface area contributed by atoms with E-state index in [0.717, 1.165) is 17.2 Å². The van der Waals surface area contributed by atoms with E-state index >= 15 is 0 Å². The second-order valence-corrected chi connectivity index (χ2v) is 11.3. The van der Waals surface area contributed by atoms with Gasteiger partial charge in [-0.05, 0) is 47.5 Å². The predicted octanol–water partition coefficient (Wildman–Crippen LogP) is 4.35. The van der Waals surface area contributed by atoms with E-state index in [1.807, 2.05) is 24.3 Å². The second kappa shape index (κ2) is 13.9. The van der Waals surface area contributed by atoms with Crippen LogP contribution in [0.2, 0.25) is 0 Å².